The fourth-order valence-electron chi connectivity index (χ4n) is 3.19. The summed E-state index contributed by atoms with van der Waals surface area (Å²) < 4.78 is 18.0. The fourth-order valence-corrected chi connectivity index (χ4v) is 3.19. The highest BCUT2D eigenvalue weighted by Gasteiger charge is 2.20. The quantitative estimate of drug-likeness (QED) is 0.542. The van der Waals surface area contributed by atoms with E-state index >= 15 is 0 Å². The molecule has 0 bridgehead atoms. The molecule has 152 valence electrons. The van der Waals surface area contributed by atoms with Crippen molar-refractivity contribution in [3.63, 3.8) is 0 Å². The Morgan fingerprint density at radius 2 is 1.34 bits per heavy atom. The highest BCUT2D eigenvalue weighted by Crippen LogP contribution is 2.35. The van der Waals surface area contributed by atoms with E-state index in [9.17, 15) is 4.79 Å². The van der Waals surface area contributed by atoms with Gasteiger partial charge in [0.25, 0.3) is 0 Å². The van der Waals surface area contributed by atoms with Crippen molar-refractivity contribution in [3.05, 3.63) is 60.8 Å². The van der Waals surface area contributed by atoms with Crippen molar-refractivity contribution in [2.45, 2.75) is 32.9 Å². The first kappa shape index (κ1) is 20.5. The van der Waals surface area contributed by atoms with Gasteiger partial charge in [-0.2, -0.15) is 0 Å². The lowest BCUT2D eigenvalue weighted by Crippen LogP contribution is -2.26. The minimum Gasteiger partial charge on any atom is -0.497 e. The largest absolute Gasteiger partial charge is 0.497 e. The standard InChI is InChI=1S/C24H27NO4/c1-24(2,3)29-22(26)16-25-15-14-21(17-6-10-19(27-4)11-7-17)23(25)18-8-12-20(28-5)13-9-18/h6-15H,16H2,1-5H3. The summed E-state index contributed by atoms with van der Waals surface area (Å²) in [5.41, 5.74) is 3.48. The van der Waals surface area contributed by atoms with E-state index in [0.717, 1.165) is 33.9 Å². The Balaban J connectivity index is 2.03. The molecule has 0 amide bonds. The number of hydrogen-bond acceptors (Lipinski definition) is 4. The molecule has 0 unspecified atom stereocenters. The lowest BCUT2D eigenvalue weighted by Gasteiger charge is -2.20. The number of rotatable bonds is 6. The molecule has 0 aliphatic carbocycles. The zero-order valence-electron chi connectivity index (χ0n) is 17.6. The second kappa shape index (κ2) is 8.43. The summed E-state index contributed by atoms with van der Waals surface area (Å²) in [5.74, 6) is 1.31. The zero-order chi connectivity index (χ0) is 21.0. The van der Waals surface area contributed by atoms with Gasteiger partial charge in [0.2, 0.25) is 0 Å². The Morgan fingerprint density at radius 1 is 0.828 bits per heavy atom. The maximum Gasteiger partial charge on any atom is 0.326 e. The maximum atomic E-state index is 12.5. The van der Waals surface area contributed by atoms with Crippen molar-refractivity contribution >= 4 is 5.97 Å². The van der Waals surface area contributed by atoms with E-state index in [1.54, 1.807) is 14.2 Å². The molecule has 3 aromatic rings. The predicted octanol–water partition coefficient (Wildman–Crippen LogP) is 5.18. The van der Waals surface area contributed by atoms with E-state index < -0.39 is 5.60 Å². The van der Waals surface area contributed by atoms with Crippen LogP contribution in [0.15, 0.2) is 60.8 Å². The summed E-state index contributed by atoms with van der Waals surface area (Å²) in [6.07, 6.45) is 1.92. The van der Waals surface area contributed by atoms with Gasteiger partial charge in [0, 0.05) is 11.8 Å². The molecule has 0 saturated heterocycles. The average molecular weight is 393 g/mol. The van der Waals surface area contributed by atoms with E-state index in [1.165, 1.54) is 0 Å². The first-order valence-corrected chi connectivity index (χ1v) is 9.50. The molecule has 5 nitrogen and oxygen atoms in total. The molecule has 0 spiro atoms. The second-order valence-electron chi connectivity index (χ2n) is 7.75. The van der Waals surface area contributed by atoms with Gasteiger partial charge in [0.15, 0.2) is 0 Å². The Hall–Kier alpha value is -3.21. The van der Waals surface area contributed by atoms with Crippen molar-refractivity contribution in [3.8, 4) is 33.9 Å². The molecule has 3 rings (SSSR count). The van der Waals surface area contributed by atoms with Gasteiger partial charge in [-0.15, -0.1) is 0 Å². The van der Waals surface area contributed by atoms with Crippen LogP contribution in [0, 0.1) is 0 Å². The van der Waals surface area contributed by atoms with Crippen molar-refractivity contribution in [1.82, 2.24) is 4.57 Å². The molecule has 0 saturated carbocycles. The molecule has 5 heteroatoms. The van der Waals surface area contributed by atoms with E-state index in [2.05, 4.69) is 0 Å². The SMILES string of the molecule is COc1ccc(-c2ccn(CC(=O)OC(C)(C)C)c2-c2ccc(OC)cc2)cc1. The van der Waals surface area contributed by atoms with Gasteiger partial charge >= 0.3 is 5.97 Å². The van der Waals surface area contributed by atoms with Crippen LogP contribution >= 0.6 is 0 Å². The summed E-state index contributed by atoms with van der Waals surface area (Å²) >= 11 is 0. The van der Waals surface area contributed by atoms with Gasteiger partial charge in [0.05, 0.1) is 19.9 Å². The van der Waals surface area contributed by atoms with Crippen molar-refractivity contribution in [1.29, 1.82) is 0 Å². The van der Waals surface area contributed by atoms with Crippen LogP contribution in [0.5, 0.6) is 11.5 Å². The third-order valence-electron chi connectivity index (χ3n) is 4.45. The Morgan fingerprint density at radius 3 is 1.83 bits per heavy atom. The molecule has 0 aliphatic heterocycles. The number of benzene rings is 2. The van der Waals surface area contributed by atoms with Crippen LogP contribution in [0.1, 0.15) is 20.8 Å². The lowest BCUT2D eigenvalue weighted by molar-refractivity contribution is -0.155. The van der Waals surface area contributed by atoms with Gasteiger partial charge in [0.1, 0.15) is 23.6 Å². The van der Waals surface area contributed by atoms with Gasteiger partial charge in [-0.25, -0.2) is 0 Å². The van der Waals surface area contributed by atoms with Gasteiger partial charge in [-0.3, -0.25) is 4.79 Å². The number of carbonyl (C=O) groups is 1. The van der Waals surface area contributed by atoms with Crippen molar-refractivity contribution in [2.24, 2.45) is 0 Å². The maximum absolute atomic E-state index is 12.5. The normalized spacial score (nSPS) is 11.2. The van der Waals surface area contributed by atoms with Crippen LogP contribution in [-0.4, -0.2) is 30.4 Å². The van der Waals surface area contributed by atoms with Crippen LogP contribution in [0.25, 0.3) is 22.4 Å². The molecule has 0 fully saturated rings. The minimum absolute atomic E-state index is 0.134. The topological polar surface area (TPSA) is 49.7 Å². The number of hydrogen-bond donors (Lipinski definition) is 0. The third-order valence-corrected chi connectivity index (χ3v) is 4.45. The number of ether oxygens (including phenoxy) is 3. The molecular formula is C24H27NO4. The van der Waals surface area contributed by atoms with Crippen LogP contribution in [0.3, 0.4) is 0 Å². The van der Waals surface area contributed by atoms with Gasteiger partial charge in [-0.1, -0.05) is 12.1 Å². The van der Waals surface area contributed by atoms with Gasteiger partial charge < -0.3 is 18.8 Å². The van der Waals surface area contributed by atoms with E-state index in [0.29, 0.717) is 0 Å². The number of aromatic nitrogens is 1. The molecule has 29 heavy (non-hydrogen) atoms. The zero-order valence-corrected chi connectivity index (χ0v) is 17.6. The number of nitrogens with zero attached hydrogens (tertiary/aromatic N) is 1. The van der Waals surface area contributed by atoms with Crippen LogP contribution < -0.4 is 9.47 Å². The van der Waals surface area contributed by atoms with E-state index in [4.69, 9.17) is 14.2 Å². The highest BCUT2D eigenvalue weighted by molar-refractivity contribution is 5.83. The number of carbonyl (C=O) groups excluding carboxylic acids is 1. The van der Waals surface area contributed by atoms with Crippen molar-refractivity contribution in [2.75, 3.05) is 14.2 Å². The second-order valence-corrected chi connectivity index (χ2v) is 7.75. The lowest BCUT2D eigenvalue weighted by atomic mass is 10.0. The summed E-state index contributed by atoms with van der Waals surface area (Å²) in [4.78, 5) is 12.5. The molecule has 0 radical (unpaired) electrons. The number of methoxy groups -OCH3 is 2. The molecule has 2 aromatic carbocycles. The predicted molar refractivity (Wildman–Crippen MR) is 114 cm³/mol. The minimum atomic E-state index is -0.524. The monoisotopic (exact) mass is 393 g/mol. The first-order chi connectivity index (χ1) is 13.8. The van der Waals surface area contributed by atoms with Gasteiger partial charge in [-0.05, 0) is 74.4 Å². The average Bonchev–Trinajstić information content (AvgIpc) is 3.10. The van der Waals surface area contributed by atoms with E-state index in [1.807, 2.05) is 86.1 Å². The smallest absolute Gasteiger partial charge is 0.326 e. The van der Waals surface area contributed by atoms with Crippen molar-refractivity contribution < 1.29 is 19.0 Å². The highest BCUT2D eigenvalue weighted by atomic mass is 16.6. The summed E-state index contributed by atoms with van der Waals surface area (Å²) in [6, 6.07) is 17.7. The van der Waals surface area contributed by atoms with Crippen LogP contribution in [0.4, 0.5) is 0 Å². The summed E-state index contributed by atoms with van der Waals surface area (Å²) in [6.45, 7) is 5.74. The molecule has 1 heterocycles. The number of esters is 1. The van der Waals surface area contributed by atoms with E-state index in [-0.39, 0.29) is 12.5 Å². The molecular weight excluding hydrogens is 366 g/mol. The molecule has 0 aliphatic rings. The third kappa shape index (κ3) is 4.99. The summed E-state index contributed by atoms with van der Waals surface area (Å²) in [5, 5.41) is 0. The Kier molecular flexibility index (Phi) is 5.97. The Bertz CT molecular complexity index is 964. The molecule has 1 aromatic heterocycles. The molecule has 0 N–H and O–H groups in total. The Labute approximate surface area is 171 Å². The summed E-state index contributed by atoms with van der Waals surface area (Å²) in [7, 11) is 3.29. The first-order valence-electron chi connectivity index (χ1n) is 9.50. The van der Waals surface area contributed by atoms with Crippen LogP contribution in [-0.2, 0) is 16.1 Å². The molecule has 0 atom stereocenters. The fraction of sp³-hybridized carbons (Fsp3) is 0.292. The van der Waals surface area contributed by atoms with Crippen LogP contribution in [0.2, 0.25) is 0 Å².